The van der Waals surface area contributed by atoms with Gasteiger partial charge in [-0.15, -0.1) is 0 Å². The minimum atomic E-state index is 0.191. The minimum Gasteiger partial charge on any atom is -0.382 e. The molecule has 5 nitrogen and oxygen atoms in total. The molecule has 0 aromatic carbocycles. The summed E-state index contributed by atoms with van der Waals surface area (Å²) in [5, 5.41) is 0. The van der Waals surface area contributed by atoms with Crippen molar-refractivity contribution in [1.82, 2.24) is 9.80 Å². The lowest BCUT2D eigenvalue weighted by molar-refractivity contribution is -0.127. The van der Waals surface area contributed by atoms with Crippen LogP contribution in [0.1, 0.15) is 53.4 Å². The van der Waals surface area contributed by atoms with Gasteiger partial charge >= 0.3 is 0 Å². The lowest BCUT2D eigenvalue weighted by Gasteiger charge is -2.41. The summed E-state index contributed by atoms with van der Waals surface area (Å²) in [6, 6.07) is 0.714. The second-order valence-electron chi connectivity index (χ2n) is 7.55. The fourth-order valence-corrected chi connectivity index (χ4v) is 3.97. The van der Waals surface area contributed by atoms with Crippen LogP contribution in [-0.4, -0.2) is 81.3 Å². The van der Waals surface area contributed by atoms with Crippen molar-refractivity contribution in [2.45, 2.75) is 59.4 Å². The first-order valence-electron chi connectivity index (χ1n) is 10.7. The Labute approximate surface area is 161 Å². The van der Waals surface area contributed by atoms with E-state index in [1.54, 1.807) is 7.11 Å². The molecule has 5 heteroatoms. The largest absolute Gasteiger partial charge is 0.382 e. The number of carbonyl (C=O) groups excluding carboxylic acids is 1. The number of hydrogen-bond donors (Lipinski definition) is 0. The molecule has 2 rings (SSSR count). The molecule has 0 bridgehead atoms. The van der Waals surface area contributed by atoms with Crippen molar-refractivity contribution in [2.75, 3.05) is 59.7 Å². The first-order valence-corrected chi connectivity index (χ1v) is 10.7. The maximum atomic E-state index is 12.1. The van der Waals surface area contributed by atoms with Crippen LogP contribution in [0.3, 0.4) is 0 Å². The molecule has 0 saturated carbocycles. The smallest absolute Gasteiger partial charge is 0.138 e. The van der Waals surface area contributed by atoms with Crippen LogP contribution >= 0.6 is 0 Å². The van der Waals surface area contributed by atoms with Gasteiger partial charge in [-0.2, -0.15) is 0 Å². The van der Waals surface area contributed by atoms with Gasteiger partial charge in [0.25, 0.3) is 0 Å². The monoisotopic (exact) mass is 370 g/mol. The van der Waals surface area contributed by atoms with Crippen LogP contribution < -0.4 is 0 Å². The Kier molecular flexibility index (Phi) is 12.4. The molecule has 0 aliphatic carbocycles. The van der Waals surface area contributed by atoms with Crippen molar-refractivity contribution >= 4 is 5.78 Å². The van der Waals surface area contributed by atoms with E-state index >= 15 is 0 Å². The standard InChI is InChI=1S/C19H36N2O3.C2H6/c1-16(2)19(22)17-4-10-21(11-5-17)18-6-8-20(9-7-18)12-13-24-15-14-23-3;1-2/h16-18H,4-15H2,1-3H3;1-2H3. The lowest BCUT2D eigenvalue weighted by Crippen LogP contribution is -2.49. The Morgan fingerprint density at radius 1 is 0.962 bits per heavy atom. The summed E-state index contributed by atoms with van der Waals surface area (Å²) in [6.45, 7) is 15.8. The van der Waals surface area contributed by atoms with Crippen LogP contribution in [0.5, 0.6) is 0 Å². The van der Waals surface area contributed by atoms with Gasteiger partial charge in [-0.25, -0.2) is 0 Å². The van der Waals surface area contributed by atoms with Crippen molar-refractivity contribution in [2.24, 2.45) is 11.8 Å². The first-order chi connectivity index (χ1) is 12.6. The number of rotatable bonds is 9. The van der Waals surface area contributed by atoms with Gasteiger partial charge in [0.1, 0.15) is 5.78 Å². The van der Waals surface area contributed by atoms with E-state index in [4.69, 9.17) is 9.47 Å². The molecule has 0 unspecified atom stereocenters. The van der Waals surface area contributed by atoms with E-state index in [1.165, 1.54) is 25.9 Å². The third-order valence-corrected chi connectivity index (χ3v) is 5.56. The average molecular weight is 371 g/mol. The highest BCUT2D eigenvalue weighted by Crippen LogP contribution is 2.25. The van der Waals surface area contributed by atoms with Crippen LogP contribution in [0.4, 0.5) is 0 Å². The van der Waals surface area contributed by atoms with Gasteiger partial charge in [0.15, 0.2) is 0 Å². The van der Waals surface area contributed by atoms with Gasteiger partial charge in [-0.1, -0.05) is 27.7 Å². The van der Waals surface area contributed by atoms with Gasteiger partial charge in [0, 0.05) is 31.5 Å². The predicted molar refractivity (Wildman–Crippen MR) is 108 cm³/mol. The van der Waals surface area contributed by atoms with Gasteiger partial charge < -0.3 is 19.3 Å². The van der Waals surface area contributed by atoms with Crippen LogP contribution in [0.2, 0.25) is 0 Å². The summed E-state index contributed by atoms with van der Waals surface area (Å²) in [4.78, 5) is 17.3. The number of Topliss-reactive ketones (excluding diaryl/α,β-unsaturated/α-hetero) is 1. The minimum absolute atomic E-state index is 0.191. The van der Waals surface area contributed by atoms with Gasteiger partial charge in [-0.3, -0.25) is 4.79 Å². The fraction of sp³-hybridized carbons (Fsp3) is 0.952. The topological polar surface area (TPSA) is 42.0 Å². The third-order valence-electron chi connectivity index (χ3n) is 5.56. The van der Waals surface area contributed by atoms with Crippen LogP contribution in [0.25, 0.3) is 0 Å². The van der Waals surface area contributed by atoms with Crippen LogP contribution in [0.15, 0.2) is 0 Å². The van der Waals surface area contributed by atoms with E-state index < -0.39 is 0 Å². The number of ketones is 1. The summed E-state index contributed by atoms with van der Waals surface area (Å²) in [7, 11) is 1.70. The van der Waals surface area contributed by atoms with Crippen LogP contribution in [0, 0.1) is 11.8 Å². The van der Waals surface area contributed by atoms with E-state index in [2.05, 4.69) is 9.80 Å². The first kappa shape index (κ1) is 23.5. The molecular formula is C21H42N2O3. The molecule has 0 radical (unpaired) electrons. The average Bonchev–Trinajstić information content (AvgIpc) is 2.69. The second-order valence-corrected chi connectivity index (χ2v) is 7.55. The number of hydrogen-bond acceptors (Lipinski definition) is 5. The van der Waals surface area contributed by atoms with E-state index in [1.807, 2.05) is 27.7 Å². The third kappa shape index (κ3) is 8.03. The van der Waals surface area contributed by atoms with E-state index in [-0.39, 0.29) is 5.92 Å². The van der Waals surface area contributed by atoms with Crippen molar-refractivity contribution in [3.8, 4) is 0 Å². The van der Waals surface area contributed by atoms with Crippen molar-refractivity contribution < 1.29 is 14.3 Å². The molecule has 0 aromatic rings. The van der Waals surface area contributed by atoms with Crippen molar-refractivity contribution in [1.29, 1.82) is 0 Å². The Morgan fingerprint density at radius 3 is 2.12 bits per heavy atom. The summed E-state index contributed by atoms with van der Waals surface area (Å²) < 4.78 is 10.5. The Bertz CT molecular complexity index is 360. The normalized spacial score (nSPS) is 20.8. The molecular weight excluding hydrogens is 328 g/mol. The summed E-state index contributed by atoms with van der Waals surface area (Å²) in [5.41, 5.74) is 0. The quantitative estimate of drug-likeness (QED) is 0.584. The molecule has 2 saturated heterocycles. The summed E-state index contributed by atoms with van der Waals surface area (Å²) in [5.74, 6) is 0.972. The highest BCUT2D eigenvalue weighted by atomic mass is 16.5. The Hall–Kier alpha value is -0.490. The zero-order valence-electron chi connectivity index (χ0n) is 17.8. The zero-order chi connectivity index (χ0) is 19.4. The molecule has 0 atom stereocenters. The number of nitrogens with zero attached hydrogens (tertiary/aromatic N) is 2. The van der Waals surface area contributed by atoms with Crippen LogP contribution in [-0.2, 0) is 14.3 Å². The number of ether oxygens (including phenoxy) is 2. The van der Waals surface area contributed by atoms with Gasteiger partial charge in [0.05, 0.1) is 19.8 Å². The van der Waals surface area contributed by atoms with Crippen molar-refractivity contribution in [3.05, 3.63) is 0 Å². The maximum absolute atomic E-state index is 12.1. The van der Waals surface area contributed by atoms with Gasteiger partial charge in [-0.05, 0) is 51.9 Å². The fourth-order valence-electron chi connectivity index (χ4n) is 3.97. The lowest BCUT2D eigenvalue weighted by atomic mass is 9.86. The number of carbonyl (C=O) groups is 1. The number of piperidine rings is 2. The van der Waals surface area contributed by atoms with Crippen molar-refractivity contribution in [3.63, 3.8) is 0 Å². The highest BCUT2D eigenvalue weighted by Gasteiger charge is 2.31. The Balaban J connectivity index is 0.00000163. The molecule has 0 N–H and O–H groups in total. The molecule has 2 aliphatic rings. The Morgan fingerprint density at radius 2 is 1.58 bits per heavy atom. The SMILES string of the molecule is CC.COCCOCCN1CCC(N2CCC(C(=O)C(C)C)CC2)CC1. The molecule has 2 aliphatic heterocycles. The number of methoxy groups -OCH3 is 1. The summed E-state index contributed by atoms with van der Waals surface area (Å²) in [6.07, 6.45) is 4.62. The number of likely N-dealkylation sites (tertiary alicyclic amines) is 2. The van der Waals surface area contributed by atoms with E-state index in [0.29, 0.717) is 31.0 Å². The molecule has 0 amide bonds. The molecule has 154 valence electrons. The predicted octanol–water partition coefficient (Wildman–Crippen LogP) is 3.08. The zero-order valence-corrected chi connectivity index (χ0v) is 17.8. The van der Waals surface area contributed by atoms with E-state index in [9.17, 15) is 4.79 Å². The molecule has 0 aromatic heterocycles. The maximum Gasteiger partial charge on any atom is 0.138 e. The summed E-state index contributed by atoms with van der Waals surface area (Å²) >= 11 is 0. The van der Waals surface area contributed by atoms with Gasteiger partial charge in [0.2, 0.25) is 0 Å². The molecule has 26 heavy (non-hydrogen) atoms. The highest BCUT2D eigenvalue weighted by molar-refractivity contribution is 5.82. The van der Waals surface area contributed by atoms with E-state index in [0.717, 1.165) is 39.1 Å². The molecule has 2 heterocycles. The molecule has 2 fully saturated rings. The molecule has 0 spiro atoms. The second kappa shape index (κ2) is 13.6.